The molecule has 1 saturated carbocycles. The first kappa shape index (κ1) is 24.1. The molecule has 0 unspecified atom stereocenters. The summed E-state index contributed by atoms with van der Waals surface area (Å²) in [4.78, 5) is 16.0. The van der Waals surface area contributed by atoms with Crippen LogP contribution in [-0.2, 0) is 4.79 Å². The molecule has 0 atom stereocenters. The summed E-state index contributed by atoms with van der Waals surface area (Å²) < 4.78 is 55.8. The van der Waals surface area contributed by atoms with Crippen molar-refractivity contribution >= 4 is 34.3 Å². The minimum atomic E-state index is -4.46. The number of fused-ring (bicyclic) bond motifs is 1. The average molecular weight is 491 g/mol. The van der Waals surface area contributed by atoms with Gasteiger partial charge in [0, 0.05) is 38.3 Å². The molecule has 1 aromatic heterocycles. The van der Waals surface area contributed by atoms with Crippen LogP contribution in [0.3, 0.4) is 0 Å². The van der Waals surface area contributed by atoms with Gasteiger partial charge in [-0.25, -0.2) is 4.39 Å². The maximum absolute atomic E-state index is 13.6. The minimum Gasteiger partial charge on any atom is -0.354 e. The topological polar surface area (TPSA) is 61.6 Å². The third kappa shape index (κ3) is 6.29. The molecule has 11 heteroatoms. The third-order valence-corrected chi connectivity index (χ3v) is 6.88. The lowest BCUT2D eigenvalue weighted by atomic mass is 9.84. The molecule has 1 aliphatic carbocycles. The molecule has 1 amide bonds. The quantitative estimate of drug-likeness (QED) is 0.592. The predicted molar refractivity (Wildman–Crippen MR) is 117 cm³/mol. The number of amides is 1. The number of alkyl halides is 3. The minimum absolute atomic E-state index is 0.0419. The molecule has 2 fully saturated rings. The fourth-order valence-corrected chi connectivity index (χ4v) is 4.92. The summed E-state index contributed by atoms with van der Waals surface area (Å²) in [6.07, 6.45) is -1.55. The number of hydrogen-bond donors (Lipinski definition) is 1. The summed E-state index contributed by atoms with van der Waals surface area (Å²) in [5.74, 6) is -0.265. The van der Waals surface area contributed by atoms with Crippen molar-refractivity contribution in [2.45, 2.75) is 50.7 Å². The highest BCUT2D eigenvalue weighted by atomic mass is 35.5. The van der Waals surface area contributed by atoms with Crippen LogP contribution in [0.15, 0.2) is 16.7 Å². The van der Waals surface area contributed by atoms with Gasteiger partial charge in [-0.15, -0.1) is 0 Å². The van der Waals surface area contributed by atoms with E-state index in [4.69, 9.17) is 16.1 Å². The number of benzene rings is 1. The molecular weight excluding hydrogens is 464 g/mol. The monoisotopic (exact) mass is 490 g/mol. The Labute approximate surface area is 194 Å². The fraction of sp³-hybridized carbons (Fsp3) is 0.636. The highest BCUT2D eigenvalue weighted by Crippen LogP contribution is 2.32. The maximum atomic E-state index is 13.6. The van der Waals surface area contributed by atoms with Gasteiger partial charge >= 0.3 is 6.18 Å². The number of aromatic nitrogens is 1. The molecule has 1 aliphatic heterocycles. The molecule has 33 heavy (non-hydrogen) atoms. The van der Waals surface area contributed by atoms with Gasteiger partial charge in [-0.3, -0.25) is 9.69 Å². The number of hydrogen-bond acceptors (Lipinski definition) is 5. The fourth-order valence-electron chi connectivity index (χ4n) is 4.75. The van der Waals surface area contributed by atoms with Gasteiger partial charge in [0.05, 0.1) is 10.4 Å². The Morgan fingerprint density at radius 3 is 2.52 bits per heavy atom. The molecule has 182 valence electrons. The highest BCUT2D eigenvalue weighted by Gasteiger charge is 2.32. The lowest BCUT2D eigenvalue weighted by Crippen LogP contribution is -2.47. The van der Waals surface area contributed by atoms with Crippen LogP contribution >= 0.6 is 11.6 Å². The number of rotatable bonds is 6. The van der Waals surface area contributed by atoms with Crippen molar-refractivity contribution in [1.82, 2.24) is 15.4 Å². The smallest absolute Gasteiger partial charge is 0.354 e. The van der Waals surface area contributed by atoms with Gasteiger partial charge in [-0.1, -0.05) is 16.8 Å². The van der Waals surface area contributed by atoms with Crippen molar-refractivity contribution in [3.63, 3.8) is 0 Å². The Kier molecular flexibility index (Phi) is 7.33. The Morgan fingerprint density at radius 2 is 1.85 bits per heavy atom. The van der Waals surface area contributed by atoms with Gasteiger partial charge in [0.25, 0.3) is 0 Å². The molecule has 1 aromatic carbocycles. The van der Waals surface area contributed by atoms with E-state index >= 15 is 0 Å². The average Bonchev–Trinajstić information content (AvgIpc) is 3.15. The molecule has 2 aliphatic rings. The van der Waals surface area contributed by atoms with Crippen LogP contribution in [0.5, 0.6) is 0 Å². The summed E-state index contributed by atoms with van der Waals surface area (Å²) in [6, 6.07) is 2.65. The standard InChI is InChI=1S/C22H27ClF4N4O2/c23-17-11-16-19(12-18(17)24)33-29-21(16)31-9-7-30(8-10-31)6-5-14-1-3-15(4-2-14)28-20(32)13-22(25,26)27/h11-12,14-15H,1-10,13H2,(H,28,32)/t14-,15-. The van der Waals surface area contributed by atoms with Gasteiger partial charge in [0.15, 0.2) is 11.4 Å². The van der Waals surface area contributed by atoms with Crippen LogP contribution in [0.4, 0.5) is 23.4 Å². The molecule has 0 spiro atoms. The number of piperazine rings is 1. The van der Waals surface area contributed by atoms with E-state index in [0.717, 1.165) is 64.8 Å². The molecule has 0 bridgehead atoms. The van der Waals surface area contributed by atoms with E-state index in [1.165, 1.54) is 6.07 Å². The Morgan fingerprint density at radius 1 is 1.15 bits per heavy atom. The number of nitrogens with zero attached hydrogens (tertiary/aromatic N) is 3. The second-order valence-electron chi connectivity index (χ2n) is 8.96. The van der Waals surface area contributed by atoms with Crippen LogP contribution in [0, 0.1) is 11.7 Å². The van der Waals surface area contributed by atoms with E-state index in [1.54, 1.807) is 6.07 Å². The zero-order valence-corrected chi connectivity index (χ0v) is 18.9. The summed E-state index contributed by atoms with van der Waals surface area (Å²) in [5.41, 5.74) is 0.375. The van der Waals surface area contributed by atoms with E-state index in [0.29, 0.717) is 22.7 Å². The zero-order valence-electron chi connectivity index (χ0n) is 18.1. The zero-order chi connectivity index (χ0) is 23.6. The Hall–Kier alpha value is -2.07. The van der Waals surface area contributed by atoms with Crippen LogP contribution < -0.4 is 10.2 Å². The lowest BCUT2D eigenvalue weighted by molar-refractivity contribution is -0.154. The first-order chi connectivity index (χ1) is 15.7. The van der Waals surface area contributed by atoms with Gasteiger partial charge in [0.1, 0.15) is 12.2 Å². The van der Waals surface area contributed by atoms with Crippen molar-refractivity contribution < 1.29 is 26.9 Å². The SMILES string of the molecule is O=C(CC(F)(F)F)N[C@H]1CC[C@H](CCN2CCN(c3noc4cc(F)c(Cl)cc34)CC2)CC1. The van der Waals surface area contributed by atoms with Crippen LogP contribution in [-0.4, -0.2) is 60.9 Å². The first-order valence-corrected chi connectivity index (χ1v) is 11.6. The Bertz CT molecular complexity index is 967. The number of carbonyl (C=O) groups excluding carboxylic acids is 1. The second-order valence-corrected chi connectivity index (χ2v) is 9.37. The second kappa shape index (κ2) is 10.0. The number of carbonyl (C=O) groups is 1. The molecule has 0 radical (unpaired) electrons. The van der Waals surface area contributed by atoms with Gasteiger partial charge in [-0.05, 0) is 50.6 Å². The van der Waals surface area contributed by atoms with Crippen LogP contribution in [0.2, 0.25) is 5.02 Å². The van der Waals surface area contributed by atoms with E-state index < -0.39 is 24.3 Å². The highest BCUT2D eigenvalue weighted by molar-refractivity contribution is 6.31. The summed E-state index contributed by atoms with van der Waals surface area (Å²) >= 11 is 5.92. The predicted octanol–water partition coefficient (Wildman–Crippen LogP) is 4.76. The van der Waals surface area contributed by atoms with Gasteiger partial charge in [0.2, 0.25) is 5.91 Å². The summed E-state index contributed by atoms with van der Waals surface area (Å²) in [6.45, 7) is 4.24. The molecule has 1 N–H and O–H groups in total. The van der Waals surface area contributed by atoms with Crippen molar-refractivity contribution in [3.05, 3.63) is 23.0 Å². The van der Waals surface area contributed by atoms with E-state index in [9.17, 15) is 22.4 Å². The molecule has 2 heterocycles. The van der Waals surface area contributed by atoms with E-state index in [1.807, 2.05) is 0 Å². The molecule has 6 nitrogen and oxygen atoms in total. The van der Waals surface area contributed by atoms with Crippen molar-refractivity contribution in [2.75, 3.05) is 37.6 Å². The largest absolute Gasteiger partial charge is 0.397 e. The van der Waals surface area contributed by atoms with Crippen molar-refractivity contribution in [3.8, 4) is 0 Å². The third-order valence-electron chi connectivity index (χ3n) is 6.59. The first-order valence-electron chi connectivity index (χ1n) is 11.3. The number of nitrogens with one attached hydrogen (secondary N) is 1. The molecule has 4 rings (SSSR count). The van der Waals surface area contributed by atoms with Crippen molar-refractivity contribution in [2.24, 2.45) is 5.92 Å². The van der Waals surface area contributed by atoms with E-state index in [2.05, 4.69) is 20.3 Å². The van der Waals surface area contributed by atoms with Crippen molar-refractivity contribution in [1.29, 1.82) is 0 Å². The van der Waals surface area contributed by atoms with Crippen LogP contribution in [0.1, 0.15) is 38.5 Å². The Balaban J connectivity index is 1.18. The molecule has 1 saturated heterocycles. The van der Waals surface area contributed by atoms with Crippen LogP contribution in [0.25, 0.3) is 11.0 Å². The summed E-state index contributed by atoms with van der Waals surface area (Å²) in [7, 11) is 0. The lowest BCUT2D eigenvalue weighted by Gasteiger charge is -2.36. The number of halogens is 5. The number of anilines is 1. The van der Waals surface area contributed by atoms with E-state index in [-0.39, 0.29) is 11.1 Å². The van der Waals surface area contributed by atoms with Gasteiger partial charge in [-0.2, -0.15) is 13.2 Å². The molecule has 2 aromatic rings. The maximum Gasteiger partial charge on any atom is 0.397 e. The normalized spacial score (nSPS) is 22.6. The molecular formula is C22H27ClF4N4O2. The summed E-state index contributed by atoms with van der Waals surface area (Å²) in [5, 5.41) is 7.37. The van der Waals surface area contributed by atoms with Gasteiger partial charge < -0.3 is 14.7 Å².